The van der Waals surface area contributed by atoms with E-state index in [0.717, 1.165) is 16.7 Å². The highest BCUT2D eigenvalue weighted by molar-refractivity contribution is 7.08. The van der Waals surface area contributed by atoms with E-state index in [-0.39, 0.29) is 17.4 Å². The van der Waals surface area contributed by atoms with Crippen molar-refractivity contribution in [3.05, 3.63) is 82.8 Å². The third-order valence-corrected chi connectivity index (χ3v) is 5.60. The Labute approximate surface area is 176 Å². The lowest BCUT2D eigenvalue weighted by atomic mass is 10.1. The van der Waals surface area contributed by atoms with Crippen molar-refractivity contribution >= 4 is 17.0 Å². The molecule has 0 unspecified atom stereocenters. The maximum absolute atomic E-state index is 10.9. The number of nitrogens with zero attached hydrogens (tertiary/aromatic N) is 3. The average molecular weight is 415 g/mol. The van der Waals surface area contributed by atoms with Crippen molar-refractivity contribution in [3.63, 3.8) is 0 Å². The molecule has 0 radical (unpaired) electrons. The Kier molecular flexibility index (Phi) is 4.37. The number of aromatic hydroxyl groups is 3. The minimum Gasteiger partial charge on any atom is -0.508 e. The van der Waals surface area contributed by atoms with Crippen molar-refractivity contribution in [2.75, 3.05) is 0 Å². The number of phenols is 2. The largest absolute Gasteiger partial charge is 0.508 e. The molecule has 0 atom stereocenters. The molecule has 30 heavy (non-hydrogen) atoms. The van der Waals surface area contributed by atoms with Gasteiger partial charge in [0.15, 0.2) is 5.65 Å². The van der Waals surface area contributed by atoms with Crippen LogP contribution in [0.1, 0.15) is 11.3 Å². The number of imidazole rings is 1. The number of aromatic nitrogens is 3. The molecule has 148 valence electrons. The first kappa shape index (κ1) is 18.2. The van der Waals surface area contributed by atoms with Crippen LogP contribution in [0, 0.1) is 0 Å². The molecular weight excluding hydrogens is 398 g/mol. The molecular formula is C23H17N3O3S. The maximum atomic E-state index is 10.9. The molecule has 0 saturated carbocycles. The zero-order valence-corrected chi connectivity index (χ0v) is 16.5. The van der Waals surface area contributed by atoms with Crippen molar-refractivity contribution < 1.29 is 15.3 Å². The van der Waals surface area contributed by atoms with Gasteiger partial charge in [-0.2, -0.15) is 11.3 Å². The first-order valence-corrected chi connectivity index (χ1v) is 10.2. The molecule has 0 spiro atoms. The van der Waals surface area contributed by atoms with E-state index in [9.17, 15) is 15.3 Å². The van der Waals surface area contributed by atoms with Crippen LogP contribution in [0.5, 0.6) is 17.4 Å². The van der Waals surface area contributed by atoms with E-state index in [1.807, 2.05) is 16.8 Å². The Bertz CT molecular complexity index is 1330. The van der Waals surface area contributed by atoms with Crippen molar-refractivity contribution in [2.45, 2.75) is 6.42 Å². The summed E-state index contributed by atoms with van der Waals surface area (Å²) >= 11 is 1.57. The zero-order valence-electron chi connectivity index (χ0n) is 15.7. The molecule has 0 bridgehead atoms. The molecule has 0 aliphatic carbocycles. The van der Waals surface area contributed by atoms with Gasteiger partial charge in [0.25, 0.3) is 0 Å². The number of phenolic OH excluding ortho intramolecular Hbond substituents is 2. The second-order valence-corrected chi connectivity index (χ2v) is 7.73. The molecule has 0 amide bonds. The van der Waals surface area contributed by atoms with Gasteiger partial charge in [-0.25, -0.2) is 9.97 Å². The van der Waals surface area contributed by atoms with Crippen molar-refractivity contribution in [1.29, 1.82) is 0 Å². The number of hydrogen-bond donors (Lipinski definition) is 3. The predicted octanol–water partition coefficient (Wildman–Crippen LogP) is 4.83. The van der Waals surface area contributed by atoms with Crippen LogP contribution in [0.4, 0.5) is 0 Å². The summed E-state index contributed by atoms with van der Waals surface area (Å²) in [6, 6.07) is 15.6. The lowest BCUT2D eigenvalue weighted by Gasteiger charge is -2.07. The van der Waals surface area contributed by atoms with E-state index >= 15 is 0 Å². The van der Waals surface area contributed by atoms with Gasteiger partial charge in [0, 0.05) is 29.1 Å². The molecule has 6 nitrogen and oxygen atoms in total. The Hall–Kier alpha value is -3.84. The van der Waals surface area contributed by atoms with Gasteiger partial charge in [0.2, 0.25) is 5.88 Å². The summed E-state index contributed by atoms with van der Waals surface area (Å²) in [7, 11) is 0. The summed E-state index contributed by atoms with van der Waals surface area (Å²) in [5.41, 5.74) is 5.10. The van der Waals surface area contributed by atoms with Crippen LogP contribution in [0.15, 0.2) is 71.6 Å². The van der Waals surface area contributed by atoms with Gasteiger partial charge < -0.3 is 15.3 Å². The average Bonchev–Trinajstić information content (AvgIpc) is 3.39. The molecule has 0 aliphatic heterocycles. The molecule has 3 heterocycles. The summed E-state index contributed by atoms with van der Waals surface area (Å²) in [6.07, 6.45) is 2.17. The van der Waals surface area contributed by atoms with E-state index < -0.39 is 0 Å². The monoisotopic (exact) mass is 415 g/mol. The van der Waals surface area contributed by atoms with Crippen LogP contribution in [-0.4, -0.2) is 29.7 Å². The molecule has 2 aromatic carbocycles. The fourth-order valence-corrected chi connectivity index (χ4v) is 4.01. The van der Waals surface area contributed by atoms with Crippen molar-refractivity contribution in [3.8, 4) is 39.9 Å². The van der Waals surface area contributed by atoms with E-state index in [1.54, 1.807) is 70.5 Å². The maximum Gasteiger partial charge on any atom is 0.219 e. The Morgan fingerprint density at radius 1 is 0.800 bits per heavy atom. The van der Waals surface area contributed by atoms with Gasteiger partial charge in [0.1, 0.15) is 22.9 Å². The number of fused-ring (bicyclic) bond motifs is 1. The van der Waals surface area contributed by atoms with Gasteiger partial charge in [0.05, 0.1) is 5.69 Å². The summed E-state index contributed by atoms with van der Waals surface area (Å²) in [5, 5.41) is 34.0. The smallest absolute Gasteiger partial charge is 0.219 e. The lowest BCUT2D eigenvalue weighted by molar-refractivity contribution is 0.442. The molecule has 0 fully saturated rings. The van der Waals surface area contributed by atoms with Crippen molar-refractivity contribution in [2.24, 2.45) is 0 Å². The van der Waals surface area contributed by atoms with Crippen LogP contribution in [0.2, 0.25) is 0 Å². The van der Waals surface area contributed by atoms with Crippen LogP contribution in [0.25, 0.3) is 28.2 Å². The van der Waals surface area contributed by atoms with E-state index in [2.05, 4.69) is 4.98 Å². The van der Waals surface area contributed by atoms with Crippen LogP contribution >= 0.6 is 11.3 Å². The molecule has 7 heteroatoms. The van der Waals surface area contributed by atoms with Crippen LogP contribution < -0.4 is 0 Å². The SMILES string of the molecule is Oc1ccc(Cc2nc3c(-c4ccsc4)nc(-c4ccc(O)cc4)cn3c2O)cc1. The van der Waals surface area contributed by atoms with E-state index in [4.69, 9.17) is 4.98 Å². The summed E-state index contributed by atoms with van der Waals surface area (Å²) < 4.78 is 1.65. The number of thiophene rings is 1. The molecule has 3 N–H and O–H groups in total. The van der Waals surface area contributed by atoms with E-state index in [0.29, 0.717) is 29.1 Å². The molecule has 5 rings (SSSR count). The Morgan fingerprint density at radius 2 is 1.50 bits per heavy atom. The third kappa shape index (κ3) is 3.25. The topological polar surface area (TPSA) is 90.9 Å². The van der Waals surface area contributed by atoms with Gasteiger partial charge in [-0.1, -0.05) is 12.1 Å². The standard InChI is InChI=1S/C23H17N3O3S/c27-17-5-1-14(2-6-17)11-19-23(29)26-12-20(15-3-7-18(28)8-4-15)24-21(22(26)25-19)16-9-10-30-13-16/h1-10,12-13,27-29H,11H2. The highest BCUT2D eigenvalue weighted by Crippen LogP contribution is 2.33. The Balaban J connectivity index is 1.68. The van der Waals surface area contributed by atoms with Crippen molar-refractivity contribution in [1.82, 2.24) is 14.4 Å². The molecule has 3 aromatic heterocycles. The molecule has 0 aliphatic rings. The fraction of sp³-hybridized carbons (Fsp3) is 0.0435. The van der Waals surface area contributed by atoms with Gasteiger partial charge >= 0.3 is 0 Å². The molecule has 5 aromatic rings. The van der Waals surface area contributed by atoms with Gasteiger partial charge in [-0.05, 0) is 53.4 Å². The summed E-state index contributed by atoms with van der Waals surface area (Å²) in [5.74, 6) is 0.428. The molecule has 0 saturated heterocycles. The zero-order chi connectivity index (χ0) is 20.7. The first-order valence-electron chi connectivity index (χ1n) is 9.29. The summed E-state index contributed by atoms with van der Waals surface area (Å²) in [6.45, 7) is 0. The minimum atomic E-state index is 0.0528. The fourth-order valence-electron chi connectivity index (χ4n) is 3.37. The minimum absolute atomic E-state index is 0.0528. The highest BCUT2D eigenvalue weighted by Gasteiger charge is 2.19. The van der Waals surface area contributed by atoms with Gasteiger partial charge in [-0.3, -0.25) is 4.40 Å². The van der Waals surface area contributed by atoms with E-state index in [1.165, 1.54) is 0 Å². The Morgan fingerprint density at radius 3 is 2.17 bits per heavy atom. The quantitative estimate of drug-likeness (QED) is 0.391. The highest BCUT2D eigenvalue weighted by atomic mass is 32.1. The summed E-state index contributed by atoms with van der Waals surface area (Å²) in [4.78, 5) is 9.50. The van der Waals surface area contributed by atoms with Gasteiger partial charge in [-0.15, -0.1) is 0 Å². The second-order valence-electron chi connectivity index (χ2n) is 6.95. The number of benzene rings is 2. The van der Waals surface area contributed by atoms with Crippen LogP contribution in [0.3, 0.4) is 0 Å². The lowest BCUT2D eigenvalue weighted by Crippen LogP contribution is -1.95. The van der Waals surface area contributed by atoms with Crippen LogP contribution in [-0.2, 0) is 6.42 Å². The number of hydrogen-bond acceptors (Lipinski definition) is 6. The number of rotatable bonds is 4. The first-order chi connectivity index (χ1) is 14.6. The normalized spacial score (nSPS) is 11.2. The second kappa shape index (κ2) is 7.20. The third-order valence-electron chi connectivity index (χ3n) is 4.92. The predicted molar refractivity (Wildman–Crippen MR) is 116 cm³/mol.